The zero-order chi connectivity index (χ0) is 44.1. The van der Waals surface area contributed by atoms with Crippen molar-refractivity contribution in [2.24, 2.45) is 28.1 Å². The van der Waals surface area contributed by atoms with Crippen molar-refractivity contribution in [2.75, 3.05) is 83.1 Å². The molecule has 0 radical (unpaired) electrons. The molecule has 0 aliphatic carbocycles. The summed E-state index contributed by atoms with van der Waals surface area (Å²) in [6.45, 7) is 10.2. The van der Waals surface area contributed by atoms with Crippen LogP contribution in [0.25, 0.3) is 0 Å². The molecule has 62 heavy (non-hydrogen) atoms. The normalized spacial score (nSPS) is 17.0. The second kappa shape index (κ2) is 25.2. The van der Waals surface area contributed by atoms with Gasteiger partial charge in [0.25, 0.3) is 0 Å². The predicted molar refractivity (Wildman–Crippen MR) is 238 cm³/mol. The van der Waals surface area contributed by atoms with Crippen LogP contribution in [0.1, 0.15) is 69.1 Å². The lowest BCUT2D eigenvalue weighted by Gasteiger charge is -2.37. The molecule has 3 aliphatic rings. The number of amides is 3. The molecule has 0 atom stereocenters. The fourth-order valence-corrected chi connectivity index (χ4v) is 8.04. The second-order valence-electron chi connectivity index (χ2n) is 15.4. The molecule has 0 saturated carbocycles. The minimum atomic E-state index is -0.533. The number of hydrogen-bond donors (Lipinski definition) is 4. The van der Waals surface area contributed by atoms with Crippen LogP contribution < -0.4 is 21.7 Å². The zero-order valence-electron chi connectivity index (χ0n) is 36.5. The number of rotatable bonds is 15. The molecule has 336 valence electrons. The summed E-state index contributed by atoms with van der Waals surface area (Å²) in [6, 6.07) is 11.4. The van der Waals surface area contributed by atoms with Crippen molar-refractivity contribution in [3.05, 3.63) is 71.7 Å². The van der Waals surface area contributed by atoms with Gasteiger partial charge in [-0.2, -0.15) is 0 Å². The molecule has 3 amide bonds. The third kappa shape index (κ3) is 15.2. The number of nitrogens with two attached hydrogens (primary N) is 1. The van der Waals surface area contributed by atoms with Gasteiger partial charge in [-0.1, -0.05) is 10.3 Å². The summed E-state index contributed by atoms with van der Waals surface area (Å²) < 4.78 is 9.79. The number of likely N-dealkylation sites (tertiary alicyclic amines) is 2. The van der Waals surface area contributed by atoms with Crippen LogP contribution in [-0.2, 0) is 43.3 Å². The monoisotopic (exact) mass is 857 g/mol. The van der Waals surface area contributed by atoms with Crippen LogP contribution in [0.5, 0.6) is 0 Å². The van der Waals surface area contributed by atoms with Gasteiger partial charge in [-0.3, -0.25) is 20.3 Å². The zero-order valence-corrected chi connectivity index (χ0v) is 36.5. The van der Waals surface area contributed by atoms with Crippen LogP contribution in [-0.4, -0.2) is 121 Å². The van der Waals surface area contributed by atoms with Crippen LogP contribution in [0.3, 0.4) is 0 Å². The Kier molecular flexibility index (Phi) is 19.1. The highest BCUT2D eigenvalue weighted by atomic mass is 16.6. The van der Waals surface area contributed by atoms with E-state index in [1.54, 1.807) is 46.7 Å². The molecule has 18 nitrogen and oxygen atoms in total. The fourth-order valence-electron chi connectivity index (χ4n) is 8.04. The van der Waals surface area contributed by atoms with Gasteiger partial charge in [0.05, 0.1) is 24.6 Å². The summed E-state index contributed by atoms with van der Waals surface area (Å²) in [7, 11) is 3.12. The quantitative estimate of drug-likeness (QED) is 0.109. The highest BCUT2D eigenvalue weighted by Gasteiger charge is 2.32. The van der Waals surface area contributed by atoms with E-state index in [0.717, 1.165) is 112 Å². The Morgan fingerprint density at radius 3 is 1.68 bits per heavy atom. The minimum absolute atomic E-state index is 0.0783. The first-order chi connectivity index (χ1) is 30.2. The first kappa shape index (κ1) is 47.2. The van der Waals surface area contributed by atoms with E-state index in [-0.39, 0.29) is 17.7 Å². The maximum Gasteiger partial charge on any atom is 0.412 e. The lowest BCUT2D eigenvalue weighted by atomic mass is 9.87. The maximum absolute atomic E-state index is 13.3. The van der Waals surface area contributed by atoms with Crippen molar-refractivity contribution in [3.63, 3.8) is 0 Å². The Balaban J connectivity index is 0.000000269. The Morgan fingerprint density at radius 2 is 1.18 bits per heavy atom. The van der Waals surface area contributed by atoms with Gasteiger partial charge in [0.15, 0.2) is 0 Å². The van der Waals surface area contributed by atoms with Crippen LogP contribution in [0.15, 0.2) is 65.3 Å². The van der Waals surface area contributed by atoms with E-state index in [4.69, 9.17) is 24.9 Å². The number of ether oxygens (including phenoxy) is 2. The second-order valence-corrected chi connectivity index (χ2v) is 15.4. The summed E-state index contributed by atoms with van der Waals surface area (Å²) in [6.07, 6.45) is 10.8. The maximum atomic E-state index is 13.3. The third-order valence-electron chi connectivity index (χ3n) is 11.1. The van der Waals surface area contributed by atoms with Gasteiger partial charge in [-0.15, -0.1) is 0 Å². The standard InChI is InChI=1S/C28H39N7O4.C16H24N4O3/c1-3-39-28(37)32-26-18-20(4-11-31-26)16-24(33-38-2)22-8-14-35(15-9-22)27(36)23-6-12-34(13-7-23)19-21-5-10-30-25(29)17-21;1-3-23-16(21)19-15-11-12(4-9-18-15)10-14(20-22-2)13-5-7-17-8-6-13/h4-5,10-11,17-18,22-23H,3,6-9,12-16,19H2,1-2H3,(H2,29,30)(H,31,32,37);4,9,11,13,17H,3,5-8,10H2,1-2H3,(H,18,19,21)/b33-24-;20-14-. The van der Waals surface area contributed by atoms with Crippen molar-refractivity contribution in [2.45, 2.75) is 71.8 Å². The highest BCUT2D eigenvalue weighted by Crippen LogP contribution is 2.27. The topological polar surface area (TPSA) is 220 Å². The molecule has 3 aliphatic heterocycles. The van der Waals surface area contributed by atoms with Gasteiger partial charge < -0.3 is 35.1 Å². The van der Waals surface area contributed by atoms with Crippen LogP contribution in [0.4, 0.5) is 27.0 Å². The van der Waals surface area contributed by atoms with Gasteiger partial charge in [0.1, 0.15) is 31.7 Å². The SMILES string of the molecule is CCOC(=O)Nc1cc(C/C(=N/OC)C2CCN(C(=O)C3CCN(Cc4ccnc(N)c4)CC3)CC2)ccn1.CCOC(=O)Nc1cc(C/C(=N/OC)C2CCNCC2)ccn1. The molecule has 3 aromatic rings. The number of hydrogen-bond acceptors (Lipinski definition) is 15. The average molecular weight is 858 g/mol. The van der Waals surface area contributed by atoms with Gasteiger partial charge in [0, 0.05) is 68.8 Å². The number of carbonyl (C=O) groups is 3. The predicted octanol–water partition coefficient (Wildman–Crippen LogP) is 5.52. The first-order valence-corrected chi connectivity index (χ1v) is 21.6. The summed E-state index contributed by atoms with van der Waals surface area (Å²) >= 11 is 0. The van der Waals surface area contributed by atoms with Gasteiger partial charge in [-0.25, -0.2) is 24.5 Å². The summed E-state index contributed by atoms with van der Waals surface area (Å²) in [5.41, 5.74) is 10.9. The lowest BCUT2D eigenvalue weighted by molar-refractivity contribution is -0.138. The summed E-state index contributed by atoms with van der Waals surface area (Å²) in [5, 5.41) is 17.2. The van der Waals surface area contributed by atoms with E-state index >= 15 is 0 Å². The van der Waals surface area contributed by atoms with E-state index < -0.39 is 12.2 Å². The van der Waals surface area contributed by atoms with Gasteiger partial charge in [0.2, 0.25) is 5.91 Å². The molecule has 3 aromatic heterocycles. The van der Waals surface area contributed by atoms with E-state index in [1.807, 2.05) is 41.3 Å². The smallest absolute Gasteiger partial charge is 0.412 e. The van der Waals surface area contributed by atoms with E-state index in [0.29, 0.717) is 49.4 Å². The van der Waals surface area contributed by atoms with Crippen molar-refractivity contribution >= 4 is 47.0 Å². The van der Waals surface area contributed by atoms with Crippen molar-refractivity contribution in [1.29, 1.82) is 0 Å². The Bertz CT molecular complexity index is 1940. The molecule has 6 rings (SSSR count). The summed E-state index contributed by atoms with van der Waals surface area (Å²) in [5.74, 6) is 2.44. The molecule has 0 bridgehead atoms. The van der Waals surface area contributed by atoms with Crippen molar-refractivity contribution < 1.29 is 33.5 Å². The molecule has 3 saturated heterocycles. The van der Waals surface area contributed by atoms with Crippen molar-refractivity contribution in [1.82, 2.24) is 30.1 Å². The molecule has 0 spiro atoms. The number of pyridine rings is 3. The Morgan fingerprint density at radius 1 is 0.694 bits per heavy atom. The molecular weight excluding hydrogens is 795 g/mol. The molecule has 18 heteroatoms. The summed E-state index contributed by atoms with van der Waals surface area (Å²) in [4.78, 5) is 63.5. The largest absolute Gasteiger partial charge is 0.450 e. The lowest BCUT2D eigenvalue weighted by Crippen LogP contribution is -2.46. The van der Waals surface area contributed by atoms with Crippen LogP contribution in [0.2, 0.25) is 0 Å². The van der Waals surface area contributed by atoms with E-state index in [2.05, 4.69) is 46.1 Å². The van der Waals surface area contributed by atoms with E-state index in [1.165, 1.54) is 0 Å². The molecule has 5 N–H and O–H groups in total. The number of nitrogen functional groups attached to an aromatic ring is 1. The number of aromatic nitrogens is 3. The molecule has 0 aromatic carbocycles. The molecular formula is C44H63N11O7. The van der Waals surface area contributed by atoms with Crippen molar-refractivity contribution in [3.8, 4) is 0 Å². The van der Waals surface area contributed by atoms with Gasteiger partial charge >= 0.3 is 12.2 Å². The number of carbonyl (C=O) groups excluding carboxylic acids is 3. The number of nitrogens with one attached hydrogen (secondary N) is 3. The van der Waals surface area contributed by atoms with E-state index in [9.17, 15) is 14.4 Å². The fraction of sp³-hybridized carbons (Fsp3) is 0.545. The third-order valence-corrected chi connectivity index (χ3v) is 11.1. The average Bonchev–Trinajstić information content (AvgIpc) is 3.27. The van der Waals surface area contributed by atoms with Crippen LogP contribution >= 0.6 is 0 Å². The Hall–Kier alpha value is -5.88. The first-order valence-electron chi connectivity index (χ1n) is 21.6. The number of anilines is 3. The molecule has 3 fully saturated rings. The molecule has 0 unspecified atom stereocenters. The van der Waals surface area contributed by atoms with Gasteiger partial charge in [-0.05, 0) is 132 Å². The number of oxime groups is 2. The number of nitrogens with zero attached hydrogens (tertiary/aromatic N) is 7. The number of piperidine rings is 3. The highest BCUT2D eigenvalue weighted by molar-refractivity contribution is 5.90. The van der Waals surface area contributed by atoms with Crippen LogP contribution in [0, 0.1) is 17.8 Å². The molecule has 6 heterocycles. The Labute approximate surface area is 364 Å². The minimum Gasteiger partial charge on any atom is -0.450 e.